The number of ether oxygens (including phenoxy) is 1. The maximum atomic E-state index is 5.40. The van der Waals surface area contributed by atoms with Crippen LogP contribution in [-0.2, 0) is 0 Å². The predicted molar refractivity (Wildman–Crippen MR) is 127 cm³/mol. The van der Waals surface area contributed by atoms with Crippen molar-refractivity contribution in [1.29, 1.82) is 0 Å². The van der Waals surface area contributed by atoms with Crippen LogP contribution in [0.3, 0.4) is 0 Å². The number of hydrogen-bond acceptors (Lipinski definition) is 5. The molecule has 0 spiro atoms. The van der Waals surface area contributed by atoms with Crippen molar-refractivity contribution in [3.05, 3.63) is 52.2 Å². The second-order valence-electron chi connectivity index (χ2n) is 7.86. The zero-order valence-corrected chi connectivity index (χ0v) is 19.4. The highest BCUT2D eigenvalue weighted by atomic mass is 32.1. The van der Waals surface area contributed by atoms with E-state index in [0.29, 0.717) is 6.04 Å². The third-order valence-electron chi connectivity index (χ3n) is 5.70. The van der Waals surface area contributed by atoms with Gasteiger partial charge in [-0.25, -0.2) is 0 Å². The Morgan fingerprint density at radius 1 is 1.17 bits per heavy atom. The standard InChI is InChI=1S/C23H35N5OS/c1-24-23(25-16-20(27(2)3)18-9-7-10-19(15-18)29-4)26-17-21(22-11-8-14-30-22)28-12-5-6-13-28/h7-11,14-15,20-21H,5-6,12-13,16-17H2,1-4H3,(H2,24,25,26). The first-order chi connectivity index (χ1) is 14.6. The smallest absolute Gasteiger partial charge is 0.191 e. The lowest BCUT2D eigenvalue weighted by molar-refractivity contribution is 0.248. The fourth-order valence-electron chi connectivity index (χ4n) is 4.00. The van der Waals surface area contributed by atoms with Gasteiger partial charge in [-0.2, -0.15) is 0 Å². The number of nitrogens with one attached hydrogen (secondary N) is 2. The molecule has 1 aliphatic rings. The lowest BCUT2D eigenvalue weighted by Crippen LogP contribution is -2.44. The fraction of sp³-hybridized carbons (Fsp3) is 0.522. The van der Waals surface area contributed by atoms with Crippen LogP contribution in [-0.4, -0.2) is 70.2 Å². The Morgan fingerprint density at radius 3 is 2.57 bits per heavy atom. The third kappa shape index (κ3) is 5.97. The third-order valence-corrected chi connectivity index (χ3v) is 6.68. The molecule has 0 radical (unpaired) electrons. The molecule has 0 saturated carbocycles. The lowest BCUT2D eigenvalue weighted by Gasteiger charge is -2.29. The molecule has 2 unspecified atom stereocenters. The van der Waals surface area contributed by atoms with Crippen LogP contribution in [0.4, 0.5) is 0 Å². The first-order valence-corrected chi connectivity index (χ1v) is 11.5. The minimum absolute atomic E-state index is 0.213. The van der Waals surface area contributed by atoms with Crippen LogP contribution in [0.5, 0.6) is 5.75 Å². The van der Waals surface area contributed by atoms with E-state index >= 15 is 0 Å². The number of nitrogens with zero attached hydrogens (tertiary/aromatic N) is 3. The number of likely N-dealkylation sites (tertiary alicyclic amines) is 1. The van der Waals surface area contributed by atoms with Gasteiger partial charge in [-0.15, -0.1) is 11.3 Å². The Hall–Kier alpha value is -2.09. The average molecular weight is 430 g/mol. The molecule has 1 saturated heterocycles. The van der Waals surface area contributed by atoms with E-state index in [9.17, 15) is 0 Å². The van der Waals surface area contributed by atoms with Crippen molar-refractivity contribution in [2.45, 2.75) is 24.9 Å². The molecule has 2 N–H and O–H groups in total. The highest BCUT2D eigenvalue weighted by molar-refractivity contribution is 7.10. The SMILES string of the molecule is CN=C(NCC(c1cccc(OC)c1)N(C)C)NCC(c1cccs1)N1CCCC1. The quantitative estimate of drug-likeness (QED) is 0.473. The Bertz CT molecular complexity index is 787. The van der Waals surface area contributed by atoms with Crippen LogP contribution >= 0.6 is 11.3 Å². The van der Waals surface area contributed by atoms with E-state index in [-0.39, 0.29) is 6.04 Å². The molecule has 0 bridgehead atoms. The molecular weight excluding hydrogens is 394 g/mol. The van der Waals surface area contributed by atoms with Crippen molar-refractivity contribution in [2.24, 2.45) is 4.99 Å². The number of thiophene rings is 1. The summed E-state index contributed by atoms with van der Waals surface area (Å²) in [6.45, 7) is 3.96. The monoisotopic (exact) mass is 429 g/mol. The van der Waals surface area contributed by atoms with Crippen LogP contribution in [0, 0.1) is 0 Å². The molecule has 1 fully saturated rings. The van der Waals surface area contributed by atoms with Crippen LogP contribution in [0.1, 0.15) is 35.4 Å². The molecule has 6 nitrogen and oxygen atoms in total. The van der Waals surface area contributed by atoms with Crippen LogP contribution in [0.15, 0.2) is 46.8 Å². The summed E-state index contributed by atoms with van der Waals surface area (Å²) in [5, 5.41) is 9.25. The fourth-order valence-corrected chi connectivity index (χ4v) is 4.86. The van der Waals surface area contributed by atoms with Gasteiger partial charge in [-0.05, 0) is 69.2 Å². The second-order valence-corrected chi connectivity index (χ2v) is 8.84. The van der Waals surface area contributed by atoms with Crippen molar-refractivity contribution in [2.75, 3.05) is 54.4 Å². The summed E-state index contributed by atoms with van der Waals surface area (Å²) in [5.41, 5.74) is 1.22. The van der Waals surface area contributed by atoms with E-state index in [1.165, 1.54) is 36.4 Å². The molecule has 0 amide bonds. The Kier molecular flexibility index (Phi) is 8.54. The summed E-state index contributed by atoms with van der Waals surface area (Å²) in [6, 6.07) is 13.3. The van der Waals surface area contributed by atoms with Gasteiger partial charge in [-0.3, -0.25) is 9.89 Å². The summed E-state index contributed by atoms with van der Waals surface area (Å²) < 4.78 is 5.40. The van der Waals surface area contributed by atoms with Gasteiger partial charge in [0.1, 0.15) is 5.75 Å². The molecule has 3 rings (SSSR count). The molecule has 1 aromatic carbocycles. The van der Waals surface area contributed by atoms with E-state index in [1.54, 1.807) is 7.11 Å². The molecule has 1 aromatic heterocycles. The van der Waals surface area contributed by atoms with Crippen molar-refractivity contribution >= 4 is 17.3 Å². The van der Waals surface area contributed by atoms with Crippen molar-refractivity contribution in [3.63, 3.8) is 0 Å². The van der Waals surface area contributed by atoms with Gasteiger partial charge in [0.15, 0.2) is 5.96 Å². The number of benzene rings is 1. The molecule has 7 heteroatoms. The summed E-state index contributed by atoms with van der Waals surface area (Å²) in [4.78, 5) is 10.7. The first-order valence-electron chi connectivity index (χ1n) is 10.6. The van der Waals surface area contributed by atoms with Crippen molar-refractivity contribution < 1.29 is 4.74 Å². The van der Waals surface area contributed by atoms with Crippen LogP contribution < -0.4 is 15.4 Å². The van der Waals surface area contributed by atoms with Crippen LogP contribution in [0.25, 0.3) is 0 Å². The zero-order chi connectivity index (χ0) is 21.3. The van der Waals surface area contributed by atoms with Gasteiger partial charge in [0, 0.05) is 25.0 Å². The van der Waals surface area contributed by atoms with E-state index in [1.807, 2.05) is 30.5 Å². The van der Waals surface area contributed by atoms with E-state index < -0.39 is 0 Å². The highest BCUT2D eigenvalue weighted by Crippen LogP contribution is 2.28. The van der Waals surface area contributed by atoms with Gasteiger partial charge < -0.3 is 20.3 Å². The topological polar surface area (TPSA) is 52.1 Å². The number of hydrogen-bond donors (Lipinski definition) is 2. The van der Waals surface area contributed by atoms with Gasteiger partial charge in [0.25, 0.3) is 0 Å². The zero-order valence-electron chi connectivity index (χ0n) is 18.6. The van der Waals surface area contributed by atoms with Gasteiger partial charge in [0.05, 0.1) is 19.2 Å². The van der Waals surface area contributed by atoms with Crippen LogP contribution in [0.2, 0.25) is 0 Å². The largest absolute Gasteiger partial charge is 0.497 e. The van der Waals surface area contributed by atoms with Crippen molar-refractivity contribution in [1.82, 2.24) is 20.4 Å². The minimum Gasteiger partial charge on any atom is -0.497 e. The number of likely N-dealkylation sites (N-methyl/N-ethyl adjacent to an activating group) is 1. The number of methoxy groups -OCH3 is 1. The summed E-state index contributed by atoms with van der Waals surface area (Å²) in [6.07, 6.45) is 2.58. The molecule has 2 atom stereocenters. The average Bonchev–Trinajstić information content (AvgIpc) is 3.47. The Labute approximate surface area is 184 Å². The molecule has 164 valence electrons. The number of aliphatic imine (C=N–C) groups is 1. The maximum Gasteiger partial charge on any atom is 0.191 e. The predicted octanol–water partition coefficient (Wildman–Crippen LogP) is 3.36. The molecule has 2 aromatic rings. The molecule has 0 aliphatic carbocycles. The van der Waals surface area contributed by atoms with Gasteiger partial charge in [0.2, 0.25) is 0 Å². The minimum atomic E-state index is 0.213. The normalized spacial score (nSPS) is 17.2. The maximum absolute atomic E-state index is 5.40. The van der Waals surface area contributed by atoms with E-state index in [2.05, 4.69) is 69.2 Å². The van der Waals surface area contributed by atoms with E-state index in [0.717, 1.165) is 24.8 Å². The first kappa shape index (κ1) is 22.6. The van der Waals surface area contributed by atoms with Gasteiger partial charge in [-0.1, -0.05) is 18.2 Å². The number of rotatable bonds is 9. The number of guanidine groups is 1. The summed E-state index contributed by atoms with van der Waals surface area (Å²) in [7, 11) is 7.74. The molecular formula is C23H35N5OS. The molecule has 2 heterocycles. The Balaban J connectivity index is 1.61. The Morgan fingerprint density at radius 2 is 1.93 bits per heavy atom. The molecule has 30 heavy (non-hydrogen) atoms. The highest BCUT2D eigenvalue weighted by Gasteiger charge is 2.24. The lowest BCUT2D eigenvalue weighted by atomic mass is 10.1. The second kappa shape index (κ2) is 11.3. The molecule has 1 aliphatic heterocycles. The van der Waals surface area contributed by atoms with Gasteiger partial charge >= 0.3 is 0 Å². The summed E-state index contributed by atoms with van der Waals surface area (Å²) >= 11 is 1.84. The van der Waals surface area contributed by atoms with Crippen molar-refractivity contribution in [3.8, 4) is 5.75 Å². The van der Waals surface area contributed by atoms with E-state index in [4.69, 9.17) is 4.74 Å². The summed E-state index contributed by atoms with van der Waals surface area (Å²) in [5.74, 6) is 1.72.